The predicted molar refractivity (Wildman–Crippen MR) is 71.4 cm³/mol. The summed E-state index contributed by atoms with van der Waals surface area (Å²) in [5.41, 5.74) is -1.46. The van der Waals surface area contributed by atoms with Crippen LogP contribution in [0.25, 0.3) is 0 Å². The molecule has 113 valence electrons. The summed E-state index contributed by atoms with van der Waals surface area (Å²) in [5, 5.41) is 20.3. The van der Waals surface area contributed by atoms with Gasteiger partial charge in [0.25, 0.3) is 0 Å². The Bertz CT molecular complexity index is 673. The summed E-state index contributed by atoms with van der Waals surface area (Å²) in [7, 11) is 0. The minimum atomic E-state index is -1.08. The number of aliphatic hydroxyl groups is 2. The SMILES string of the molecule is Cc1cn([C@@H]2O[C@]3(CO)[C@@H](O)[C@H]2OC32CC2)c([Se])nc1=O. The van der Waals surface area contributed by atoms with Crippen LogP contribution in [-0.2, 0) is 9.47 Å². The zero-order chi connectivity index (χ0) is 15.0. The summed E-state index contributed by atoms with van der Waals surface area (Å²) in [6, 6.07) is 0. The van der Waals surface area contributed by atoms with Gasteiger partial charge in [0.15, 0.2) is 0 Å². The molecule has 3 aliphatic rings. The molecule has 2 bridgehead atoms. The van der Waals surface area contributed by atoms with Crippen molar-refractivity contribution in [3.8, 4) is 0 Å². The van der Waals surface area contributed by atoms with E-state index in [2.05, 4.69) is 21.0 Å². The molecule has 2 aliphatic heterocycles. The number of ether oxygens (including phenoxy) is 2. The molecule has 1 aromatic heterocycles. The second-order valence-corrected chi connectivity index (χ2v) is 6.76. The summed E-state index contributed by atoms with van der Waals surface area (Å²) in [6.45, 7) is 1.37. The molecule has 21 heavy (non-hydrogen) atoms. The number of hydrogen-bond donors (Lipinski definition) is 2. The van der Waals surface area contributed by atoms with Gasteiger partial charge in [-0.15, -0.1) is 0 Å². The molecule has 0 aromatic carbocycles. The number of rotatable bonds is 2. The van der Waals surface area contributed by atoms with Crippen molar-refractivity contribution >= 4 is 20.7 Å². The summed E-state index contributed by atoms with van der Waals surface area (Å²) in [5.74, 6) is 0. The molecule has 2 N–H and O–H groups in total. The number of hydrogen-bond acceptors (Lipinski definition) is 6. The molecule has 3 fully saturated rings. The van der Waals surface area contributed by atoms with Crippen LogP contribution in [0, 0.1) is 6.92 Å². The molecule has 2 saturated heterocycles. The van der Waals surface area contributed by atoms with Crippen LogP contribution in [-0.4, -0.2) is 65.8 Å². The average Bonchev–Trinajstić information content (AvgIpc) is 3.12. The Balaban J connectivity index is 1.77. The Morgan fingerprint density at radius 1 is 1.52 bits per heavy atom. The van der Waals surface area contributed by atoms with Gasteiger partial charge in [0, 0.05) is 0 Å². The van der Waals surface area contributed by atoms with Crippen molar-refractivity contribution in [2.24, 2.45) is 0 Å². The summed E-state index contributed by atoms with van der Waals surface area (Å²) in [6.07, 6.45) is 1.11. The van der Waals surface area contributed by atoms with E-state index in [9.17, 15) is 15.0 Å². The predicted octanol–water partition coefficient (Wildman–Crippen LogP) is -2.10. The molecular formula is C13H15N2O5Se. The van der Waals surface area contributed by atoms with Gasteiger partial charge in [-0.1, -0.05) is 0 Å². The maximum atomic E-state index is 11.6. The minimum absolute atomic E-state index is 0.295. The van der Waals surface area contributed by atoms with Gasteiger partial charge in [-0.05, 0) is 0 Å². The van der Waals surface area contributed by atoms with Crippen LogP contribution in [0.15, 0.2) is 11.0 Å². The summed E-state index contributed by atoms with van der Waals surface area (Å²) in [4.78, 5) is 15.5. The van der Waals surface area contributed by atoms with E-state index >= 15 is 0 Å². The first-order valence-corrected chi connectivity index (χ1v) is 7.71. The van der Waals surface area contributed by atoms with Crippen LogP contribution < -0.4 is 10.3 Å². The van der Waals surface area contributed by atoms with Crippen molar-refractivity contribution in [2.75, 3.05) is 6.61 Å². The second-order valence-electron chi connectivity index (χ2n) is 6.00. The summed E-state index contributed by atoms with van der Waals surface area (Å²) < 4.78 is 14.0. The van der Waals surface area contributed by atoms with Gasteiger partial charge in [-0.3, -0.25) is 0 Å². The Morgan fingerprint density at radius 3 is 2.86 bits per heavy atom. The fourth-order valence-corrected chi connectivity index (χ4v) is 4.01. The van der Waals surface area contributed by atoms with Crippen molar-refractivity contribution in [3.63, 3.8) is 0 Å². The normalized spacial score (nSPS) is 39.1. The van der Waals surface area contributed by atoms with Crippen LogP contribution in [0.5, 0.6) is 0 Å². The maximum absolute atomic E-state index is 11.6. The van der Waals surface area contributed by atoms with E-state index < -0.39 is 29.6 Å². The second kappa shape index (κ2) is 4.16. The number of aliphatic hydroxyl groups excluding tert-OH is 2. The van der Waals surface area contributed by atoms with Crippen molar-refractivity contribution < 1.29 is 19.7 Å². The zero-order valence-corrected chi connectivity index (χ0v) is 13.1. The van der Waals surface area contributed by atoms with Crippen molar-refractivity contribution in [2.45, 2.75) is 49.4 Å². The Morgan fingerprint density at radius 2 is 2.24 bits per heavy atom. The third-order valence-electron chi connectivity index (χ3n) is 4.84. The van der Waals surface area contributed by atoms with E-state index in [4.69, 9.17) is 9.47 Å². The molecule has 1 radical (unpaired) electrons. The molecule has 8 heteroatoms. The molecule has 1 spiro atoms. The number of aromatic nitrogens is 2. The third kappa shape index (κ3) is 1.58. The average molecular weight is 358 g/mol. The Labute approximate surface area is 128 Å². The van der Waals surface area contributed by atoms with Gasteiger partial charge in [0.05, 0.1) is 0 Å². The van der Waals surface area contributed by atoms with Crippen LogP contribution in [0.2, 0.25) is 0 Å². The van der Waals surface area contributed by atoms with Crippen molar-refractivity contribution in [1.29, 1.82) is 0 Å². The molecule has 3 heterocycles. The molecular weight excluding hydrogens is 343 g/mol. The van der Waals surface area contributed by atoms with E-state index in [-0.39, 0.29) is 12.2 Å². The quantitative estimate of drug-likeness (QED) is 0.589. The van der Waals surface area contributed by atoms with Gasteiger partial charge in [-0.25, -0.2) is 0 Å². The summed E-state index contributed by atoms with van der Waals surface area (Å²) >= 11 is 2.73. The van der Waals surface area contributed by atoms with Crippen LogP contribution >= 0.6 is 0 Å². The van der Waals surface area contributed by atoms with E-state index in [1.807, 2.05) is 0 Å². The van der Waals surface area contributed by atoms with E-state index in [0.29, 0.717) is 10.3 Å². The van der Waals surface area contributed by atoms with Crippen LogP contribution in [0.1, 0.15) is 24.6 Å². The molecule has 0 unspecified atom stereocenters. The van der Waals surface area contributed by atoms with Gasteiger partial charge in [-0.2, -0.15) is 0 Å². The topological polar surface area (TPSA) is 93.8 Å². The van der Waals surface area contributed by atoms with Crippen LogP contribution in [0.4, 0.5) is 0 Å². The van der Waals surface area contributed by atoms with Gasteiger partial charge < -0.3 is 0 Å². The van der Waals surface area contributed by atoms with E-state index in [1.165, 1.54) is 0 Å². The van der Waals surface area contributed by atoms with Gasteiger partial charge in [0.2, 0.25) is 0 Å². The molecule has 0 amide bonds. The molecule has 7 nitrogen and oxygen atoms in total. The number of fused-ring (bicyclic) bond motifs is 3. The Hall–Kier alpha value is -0.761. The molecule has 1 aromatic rings. The Kier molecular flexibility index (Phi) is 2.75. The zero-order valence-electron chi connectivity index (χ0n) is 11.4. The molecule has 4 rings (SSSR count). The number of aryl methyl sites for hydroxylation is 1. The fourth-order valence-electron chi connectivity index (χ4n) is 3.51. The van der Waals surface area contributed by atoms with Gasteiger partial charge in [0.1, 0.15) is 0 Å². The van der Waals surface area contributed by atoms with E-state index in [0.717, 1.165) is 12.8 Å². The molecule has 4 atom stereocenters. The first kappa shape index (κ1) is 13.9. The standard InChI is InChI=1S/C13H15N2O5Se/c1-6-4-15(11(21)14-9(6)18)10-7-8(17)13(5-16,20-10)12(19-7)2-3-12/h4,7-8,10,16-17H,2-3,5H2,1H3/t7-,8+,10-,13-/m1/s1. The monoisotopic (exact) mass is 359 g/mol. The van der Waals surface area contributed by atoms with E-state index in [1.54, 1.807) is 17.7 Å². The molecule has 1 saturated carbocycles. The molecule has 1 aliphatic carbocycles. The van der Waals surface area contributed by atoms with Crippen molar-refractivity contribution in [1.82, 2.24) is 9.55 Å². The third-order valence-corrected chi connectivity index (χ3v) is 5.47. The first-order valence-electron chi connectivity index (χ1n) is 6.85. The van der Waals surface area contributed by atoms with Crippen LogP contribution in [0.3, 0.4) is 0 Å². The number of nitrogens with zero attached hydrogens (tertiary/aromatic N) is 2. The first-order chi connectivity index (χ1) is 9.94. The fraction of sp³-hybridized carbons (Fsp3) is 0.692. The van der Waals surface area contributed by atoms with Gasteiger partial charge >= 0.3 is 128 Å². The van der Waals surface area contributed by atoms with Crippen molar-refractivity contribution in [3.05, 3.63) is 22.1 Å².